The number of carbonyl (C=O) groups excluding carboxylic acids is 1. The lowest BCUT2D eigenvalue weighted by molar-refractivity contribution is -0.122. The third-order valence-electron chi connectivity index (χ3n) is 4.32. The van der Waals surface area contributed by atoms with Crippen molar-refractivity contribution in [3.63, 3.8) is 0 Å². The zero-order valence-corrected chi connectivity index (χ0v) is 13.0. The molecule has 4 heteroatoms. The molecule has 2 unspecified atom stereocenters. The molecule has 0 bridgehead atoms. The van der Waals surface area contributed by atoms with Gasteiger partial charge in [0, 0.05) is 18.5 Å². The summed E-state index contributed by atoms with van der Waals surface area (Å²) in [6.07, 6.45) is 3.05. The van der Waals surface area contributed by atoms with Crippen LogP contribution in [0, 0.1) is 11.8 Å². The van der Waals surface area contributed by atoms with Crippen LogP contribution in [0.2, 0.25) is 0 Å². The maximum absolute atomic E-state index is 12.1. The van der Waals surface area contributed by atoms with Gasteiger partial charge in [-0.05, 0) is 43.8 Å². The van der Waals surface area contributed by atoms with Crippen molar-refractivity contribution in [3.05, 3.63) is 29.8 Å². The number of methoxy groups -OCH3 is 1. The van der Waals surface area contributed by atoms with Gasteiger partial charge in [-0.2, -0.15) is 0 Å². The lowest BCUT2D eigenvalue weighted by atomic mass is 9.85. The van der Waals surface area contributed by atoms with Crippen LogP contribution >= 0.6 is 0 Å². The Labute approximate surface area is 127 Å². The molecule has 1 amide bonds. The normalized spacial score (nSPS) is 19.8. The number of ether oxygens (including phenoxy) is 1. The fraction of sp³-hybridized carbons (Fsp3) is 0.588. The van der Waals surface area contributed by atoms with Gasteiger partial charge >= 0.3 is 0 Å². The molecule has 2 atom stereocenters. The molecule has 2 rings (SSSR count). The summed E-state index contributed by atoms with van der Waals surface area (Å²) in [6.45, 7) is 4.86. The van der Waals surface area contributed by atoms with Crippen molar-refractivity contribution in [2.45, 2.75) is 32.7 Å². The van der Waals surface area contributed by atoms with E-state index in [1.54, 1.807) is 7.11 Å². The van der Waals surface area contributed by atoms with E-state index in [4.69, 9.17) is 4.74 Å². The number of rotatable bonds is 6. The van der Waals surface area contributed by atoms with Crippen LogP contribution in [0.25, 0.3) is 0 Å². The van der Waals surface area contributed by atoms with E-state index in [1.165, 1.54) is 12.8 Å². The Bertz CT molecular complexity index is 456. The Morgan fingerprint density at radius 1 is 1.48 bits per heavy atom. The highest BCUT2D eigenvalue weighted by Crippen LogP contribution is 2.22. The molecule has 1 aromatic rings. The van der Waals surface area contributed by atoms with E-state index in [9.17, 15) is 4.79 Å². The molecule has 0 saturated carbocycles. The van der Waals surface area contributed by atoms with Crippen LogP contribution in [0.3, 0.4) is 0 Å². The quantitative estimate of drug-likeness (QED) is 0.845. The number of benzene rings is 1. The number of piperidine rings is 1. The van der Waals surface area contributed by atoms with Crippen LogP contribution in [0.5, 0.6) is 5.75 Å². The molecule has 0 spiro atoms. The minimum Gasteiger partial charge on any atom is -0.496 e. The molecule has 4 nitrogen and oxygen atoms in total. The third kappa shape index (κ3) is 4.74. The van der Waals surface area contributed by atoms with Gasteiger partial charge in [0.2, 0.25) is 5.91 Å². The Morgan fingerprint density at radius 2 is 2.29 bits per heavy atom. The molecule has 2 N–H and O–H groups in total. The van der Waals surface area contributed by atoms with Crippen molar-refractivity contribution in [3.8, 4) is 5.75 Å². The average Bonchev–Trinajstić information content (AvgIpc) is 2.54. The van der Waals surface area contributed by atoms with Gasteiger partial charge in [0.1, 0.15) is 5.75 Å². The van der Waals surface area contributed by atoms with Gasteiger partial charge in [0.25, 0.3) is 0 Å². The summed E-state index contributed by atoms with van der Waals surface area (Å²) in [5.74, 6) is 1.99. The molecule has 1 aliphatic rings. The molecular formula is C17H26N2O2. The first-order valence-electron chi connectivity index (χ1n) is 7.80. The van der Waals surface area contributed by atoms with Crippen LogP contribution in [0.15, 0.2) is 24.3 Å². The van der Waals surface area contributed by atoms with Crippen molar-refractivity contribution >= 4 is 5.91 Å². The Morgan fingerprint density at radius 3 is 3.00 bits per heavy atom. The van der Waals surface area contributed by atoms with Gasteiger partial charge in [-0.25, -0.2) is 0 Å². The van der Waals surface area contributed by atoms with Gasteiger partial charge in [-0.15, -0.1) is 0 Å². The van der Waals surface area contributed by atoms with E-state index < -0.39 is 0 Å². The number of amides is 1. The van der Waals surface area contributed by atoms with Crippen molar-refractivity contribution in [2.75, 3.05) is 20.2 Å². The Balaban J connectivity index is 1.78. The largest absolute Gasteiger partial charge is 0.496 e. The Kier molecular flexibility index (Phi) is 6.05. The first kappa shape index (κ1) is 15.8. The van der Waals surface area contributed by atoms with Crippen molar-refractivity contribution in [1.82, 2.24) is 10.6 Å². The topological polar surface area (TPSA) is 50.4 Å². The van der Waals surface area contributed by atoms with E-state index in [0.717, 1.165) is 24.4 Å². The monoisotopic (exact) mass is 290 g/mol. The van der Waals surface area contributed by atoms with Crippen molar-refractivity contribution in [2.24, 2.45) is 11.8 Å². The highest BCUT2D eigenvalue weighted by molar-refractivity contribution is 5.76. The lowest BCUT2D eigenvalue weighted by Crippen LogP contribution is -2.35. The second kappa shape index (κ2) is 8.03. The lowest BCUT2D eigenvalue weighted by Gasteiger charge is -2.28. The fourth-order valence-corrected chi connectivity index (χ4v) is 2.94. The first-order valence-corrected chi connectivity index (χ1v) is 7.80. The molecular weight excluding hydrogens is 264 g/mol. The summed E-state index contributed by atoms with van der Waals surface area (Å²) in [4.78, 5) is 12.1. The van der Waals surface area contributed by atoms with Crippen LogP contribution in [0.1, 0.15) is 31.7 Å². The van der Waals surface area contributed by atoms with E-state index in [1.807, 2.05) is 24.3 Å². The maximum Gasteiger partial charge on any atom is 0.220 e. The number of carbonyl (C=O) groups is 1. The first-order chi connectivity index (χ1) is 10.2. The second-order valence-electron chi connectivity index (χ2n) is 5.88. The van der Waals surface area contributed by atoms with Crippen molar-refractivity contribution < 1.29 is 9.53 Å². The molecule has 21 heavy (non-hydrogen) atoms. The summed E-state index contributed by atoms with van der Waals surface area (Å²) in [6, 6.07) is 7.79. The molecule has 1 fully saturated rings. The smallest absolute Gasteiger partial charge is 0.220 e. The fourth-order valence-electron chi connectivity index (χ4n) is 2.94. The molecule has 0 aliphatic carbocycles. The van der Waals surface area contributed by atoms with Crippen LogP contribution < -0.4 is 15.4 Å². The predicted octanol–water partition coefficient (Wildman–Crippen LogP) is 2.34. The van der Waals surface area contributed by atoms with Gasteiger partial charge in [0.15, 0.2) is 0 Å². The summed E-state index contributed by atoms with van der Waals surface area (Å²) < 4.78 is 5.29. The van der Waals surface area contributed by atoms with Crippen LogP contribution in [-0.2, 0) is 11.3 Å². The third-order valence-corrected chi connectivity index (χ3v) is 4.32. The summed E-state index contributed by atoms with van der Waals surface area (Å²) >= 11 is 0. The predicted molar refractivity (Wildman–Crippen MR) is 84.2 cm³/mol. The van der Waals surface area contributed by atoms with E-state index >= 15 is 0 Å². The molecule has 116 valence electrons. The second-order valence-corrected chi connectivity index (χ2v) is 5.88. The average molecular weight is 290 g/mol. The number of hydrogen-bond acceptors (Lipinski definition) is 3. The molecule has 0 radical (unpaired) electrons. The zero-order valence-electron chi connectivity index (χ0n) is 13.0. The zero-order chi connectivity index (χ0) is 15.1. The van der Waals surface area contributed by atoms with Gasteiger partial charge in [-0.3, -0.25) is 4.79 Å². The maximum atomic E-state index is 12.1. The minimum absolute atomic E-state index is 0.124. The molecule has 1 aliphatic heterocycles. The number of nitrogens with one attached hydrogen (secondary N) is 2. The molecule has 1 saturated heterocycles. The highest BCUT2D eigenvalue weighted by atomic mass is 16.5. The summed E-state index contributed by atoms with van der Waals surface area (Å²) in [7, 11) is 1.65. The van der Waals surface area contributed by atoms with Gasteiger partial charge < -0.3 is 15.4 Å². The highest BCUT2D eigenvalue weighted by Gasteiger charge is 2.21. The summed E-state index contributed by atoms with van der Waals surface area (Å²) in [5.41, 5.74) is 1.01. The number of para-hydroxylation sites is 1. The Hall–Kier alpha value is -1.55. The van der Waals surface area contributed by atoms with Crippen molar-refractivity contribution in [1.29, 1.82) is 0 Å². The molecule has 1 aromatic carbocycles. The van der Waals surface area contributed by atoms with Gasteiger partial charge in [0.05, 0.1) is 7.11 Å². The van der Waals surface area contributed by atoms with Gasteiger partial charge in [-0.1, -0.05) is 25.1 Å². The minimum atomic E-state index is 0.124. The number of hydrogen-bond donors (Lipinski definition) is 2. The standard InChI is InChI=1S/C17H26N2O2/c1-13(14-7-5-9-18-11-14)10-17(20)19-12-15-6-3-4-8-16(15)21-2/h3-4,6,8,13-14,18H,5,7,9-12H2,1-2H3,(H,19,20). The van der Waals surface area contributed by atoms with Crippen LogP contribution in [-0.4, -0.2) is 26.1 Å². The van der Waals surface area contributed by atoms with Crippen LogP contribution in [0.4, 0.5) is 0 Å². The van der Waals surface area contributed by atoms with E-state index in [-0.39, 0.29) is 5.91 Å². The van der Waals surface area contributed by atoms with E-state index in [0.29, 0.717) is 24.8 Å². The summed E-state index contributed by atoms with van der Waals surface area (Å²) in [5, 5.41) is 6.42. The molecule has 0 aromatic heterocycles. The molecule has 1 heterocycles. The van der Waals surface area contributed by atoms with E-state index in [2.05, 4.69) is 17.6 Å². The SMILES string of the molecule is COc1ccccc1CNC(=O)CC(C)C1CCCNC1.